The van der Waals surface area contributed by atoms with Gasteiger partial charge in [0.15, 0.2) is 0 Å². The quantitative estimate of drug-likeness (QED) is 0.629. The highest BCUT2D eigenvalue weighted by molar-refractivity contribution is 9.09. The number of rotatable bonds is 0. The van der Waals surface area contributed by atoms with Crippen LogP contribution in [0.2, 0.25) is 0 Å². The number of benzene rings is 1. The van der Waals surface area contributed by atoms with Gasteiger partial charge in [-0.15, -0.1) is 0 Å². The Morgan fingerprint density at radius 3 is 2.85 bits per heavy atom. The second-order valence-corrected chi connectivity index (χ2v) is 5.18. The molecule has 1 nitrogen and oxygen atoms in total. The molecule has 1 aliphatic rings. The minimum absolute atomic E-state index is 0.0531. The minimum atomic E-state index is -0.0531. The molecule has 0 aliphatic carbocycles. The summed E-state index contributed by atoms with van der Waals surface area (Å²) >= 11 is 3.68. The molecule has 1 aliphatic heterocycles. The van der Waals surface area contributed by atoms with Crippen molar-refractivity contribution in [1.29, 1.82) is 0 Å². The van der Waals surface area contributed by atoms with Crippen LogP contribution in [-0.2, 0) is 0 Å². The number of fused-ring (bicyclic) bond motifs is 1. The van der Waals surface area contributed by atoms with Gasteiger partial charge in [-0.3, -0.25) is 0 Å². The summed E-state index contributed by atoms with van der Waals surface area (Å²) in [6.07, 6.45) is 1.02. The van der Waals surface area contributed by atoms with E-state index in [-0.39, 0.29) is 5.60 Å². The largest absolute Gasteiger partial charge is 0.487 e. The molecule has 0 spiro atoms. The molecule has 1 atom stereocenters. The lowest BCUT2D eigenvalue weighted by Gasteiger charge is -2.35. The Hall–Kier alpha value is -0.500. The van der Waals surface area contributed by atoms with Crippen LogP contribution in [0.25, 0.3) is 0 Å². The summed E-state index contributed by atoms with van der Waals surface area (Å²) in [5.41, 5.74) is 1.21. The summed E-state index contributed by atoms with van der Waals surface area (Å²) in [6.45, 7) is 4.24. The van der Waals surface area contributed by atoms with E-state index < -0.39 is 0 Å². The molecule has 70 valence electrons. The molecule has 0 aromatic heterocycles. The van der Waals surface area contributed by atoms with Crippen LogP contribution in [0.5, 0.6) is 5.75 Å². The lowest BCUT2D eigenvalue weighted by atomic mass is 9.94. The Morgan fingerprint density at radius 1 is 1.38 bits per heavy atom. The number of alkyl halides is 1. The van der Waals surface area contributed by atoms with Crippen LogP contribution in [0.4, 0.5) is 0 Å². The van der Waals surface area contributed by atoms with Crippen LogP contribution in [0.15, 0.2) is 24.3 Å². The molecule has 0 N–H and O–H groups in total. The fourth-order valence-corrected chi connectivity index (χ4v) is 2.87. The monoisotopic (exact) mass is 240 g/mol. The lowest BCUT2D eigenvalue weighted by molar-refractivity contribution is 0.0842. The molecule has 2 heteroatoms. The minimum Gasteiger partial charge on any atom is -0.487 e. The molecule has 0 saturated heterocycles. The third-order valence-corrected chi connectivity index (χ3v) is 3.13. The molecule has 1 heterocycles. The highest BCUT2D eigenvalue weighted by Gasteiger charge is 2.31. The number of hydrogen-bond acceptors (Lipinski definition) is 1. The molecule has 13 heavy (non-hydrogen) atoms. The van der Waals surface area contributed by atoms with Gasteiger partial charge in [-0.05, 0) is 19.9 Å². The first-order chi connectivity index (χ1) is 6.08. The Bertz CT molecular complexity index is 320. The van der Waals surface area contributed by atoms with Crippen LogP contribution < -0.4 is 4.74 Å². The first-order valence-corrected chi connectivity index (χ1v) is 5.42. The molecule has 0 amide bonds. The maximum atomic E-state index is 5.86. The van der Waals surface area contributed by atoms with E-state index in [1.54, 1.807) is 0 Å². The van der Waals surface area contributed by atoms with E-state index in [9.17, 15) is 0 Å². The van der Waals surface area contributed by atoms with Crippen molar-refractivity contribution < 1.29 is 4.74 Å². The molecule has 0 bridgehead atoms. The van der Waals surface area contributed by atoms with Crippen molar-refractivity contribution in [2.75, 3.05) is 0 Å². The number of para-hydroxylation sites is 1. The lowest BCUT2D eigenvalue weighted by Crippen LogP contribution is -2.33. The molecule has 1 aromatic carbocycles. The summed E-state index contributed by atoms with van der Waals surface area (Å²) in [7, 11) is 0. The SMILES string of the molecule is CC1(C)CC(Br)c2ccccc2O1. The van der Waals surface area contributed by atoms with Crippen LogP contribution in [0.1, 0.15) is 30.7 Å². The molecule has 0 fully saturated rings. The predicted molar refractivity (Wildman–Crippen MR) is 57.4 cm³/mol. The van der Waals surface area contributed by atoms with Gasteiger partial charge < -0.3 is 4.74 Å². The third-order valence-electron chi connectivity index (χ3n) is 2.31. The van der Waals surface area contributed by atoms with Crippen molar-refractivity contribution in [2.24, 2.45) is 0 Å². The number of hydrogen-bond donors (Lipinski definition) is 0. The predicted octanol–water partition coefficient (Wildman–Crippen LogP) is 3.68. The Balaban J connectivity index is 2.43. The average Bonchev–Trinajstić information content (AvgIpc) is 2.02. The van der Waals surface area contributed by atoms with E-state index in [0.29, 0.717) is 4.83 Å². The summed E-state index contributed by atoms with van der Waals surface area (Å²) in [5.74, 6) is 1.01. The van der Waals surface area contributed by atoms with Crippen LogP contribution in [-0.4, -0.2) is 5.60 Å². The fraction of sp³-hybridized carbons (Fsp3) is 0.455. The van der Waals surface area contributed by atoms with E-state index in [0.717, 1.165) is 12.2 Å². The zero-order valence-electron chi connectivity index (χ0n) is 7.88. The van der Waals surface area contributed by atoms with Gasteiger partial charge in [-0.1, -0.05) is 34.1 Å². The summed E-state index contributed by atoms with van der Waals surface area (Å²) in [4.78, 5) is 0.424. The van der Waals surface area contributed by atoms with Gasteiger partial charge >= 0.3 is 0 Å². The average molecular weight is 241 g/mol. The molecular formula is C11H13BrO. The van der Waals surface area contributed by atoms with E-state index in [1.807, 2.05) is 12.1 Å². The Morgan fingerprint density at radius 2 is 2.08 bits per heavy atom. The molecule has 1 aromatic rings. The van der Waals surface area contributed by atoms with Crippen molar-refractivity contribution in [1.82, 2.24) is 0 Å². The Kier molecular flexibility index (Phi) is 2.11. The first-order valence-electron chi connectivity index (χ1n) is 4.50. The fourth-order valence-electron chi connectivity index (χ4n) is 1.71. The molecule has 2 rings (SSSR count). The standard InChI is InChI=1S/C11H13BrO/c1-11(2)7-9(12)8-5-3-4-6-10(8)13-11/h3-6,9H,7H2,1-2H3. The topological polar surface area (TPSA) is 9.23 Å². The van der Waals surface area contributed by atoms with Gasteiger partial charge in [-0.2, -0.15) is 0 Å². The normalized spacial score (nSPS) is 24.7. The Labute approximate surface area is 87.2 Å². The van der Waals surface area contributed by atoms with Crippen molar-refractivity contribution in [3.63, 3.8) is 0 Å². The van der Waals surface area contributed by atoms with Crippen molar-refractivity contribution in [2.45, 2.75) is 30.7 Å². The van der Waals surface area contributed by atoms with Crippen molar-refractivity contribution >= 4 is 15.9 Å². The zero-order valence-corrected chi connectivity index (χ0v) is 9.47. The van der Waals surface area contributed by atoms with Gasteiger partial charge in [0.25, 0.3) is 0 Å². The third kappa shape index (κ3) is 1.73. The zero-order chi connectivity index (χ0) is 9.47. The van der Waals surface area contributed by atoms with Gasteiger partial charge in [-0.25, -0.2) is 0 Å². The van der Waals surface area contributed by atoms with Gasteiger partial charge in [0, 0.05) is 16.8 Å². The van der Waals surface area contributed by atoms with E-state index in [1.165, 1.54) is 5.56 Å². The highest BCUT2D eigenvalue weighted by Crippen LogP contribution is 2.43. The molecule has 1 unspecified atom stereocenters. The van der Waals surface area contributed by atoms with E-state index in [2.05, 4.69) is 41.9 Å². The summed E-state index contributed by atoms with van der Waals surface area (Å²) < 4.78 is 5.86. The van der Waals surface area contributed by atoms with Crippen LogP contribution in [0, 0.1) is 0 Å². The van der Waals surface area contributed by atoms with Crippen LogP contribution in [0.3, 0.4) is 0 Å². The number of ether oxygens (including phenoxy) is 1. The van der Waals surface area contributed by atoms with Crippen molar-refractivity contribution in [3.8, 4) is 5.75 Å². The van der Waals surface area contributed by atoms with Gasteiger partial charge in [0.05, 0.1) is 0 Å². The second kappa shape index (κ2) is 3.02. The molecule has 0 saturated carbocycles. The summed E-state index contributed by atoms with van der Waals surface area (Å²) in [5, 5.41) is 0. The maximum absolute atomic E-state index is 5.86. The van der Waals surface area contributed by atoms with Gasteiger partial charge in [0.1, 0.15) is 11.4 Å². The maximum Gasteiger partial charge on any atom is 0.124 e. The second-order valence-electron chi connectivity index (χ2n) is 4.07. The van der Waals surface area contributed by atoms with Crippen LogP contribution >= 0.6 is 15.9 Å². The van der Waals surface area contributed by atoms with Gasteiger partial charge in [0.2, 0.25) is 0 Å². The molecular weight excluding hydrogens is 228 g/mol. The summed E-state index contributed by atoms with van der Waals surface area (Å²) in [6, 6.07) is 8.21. The molecule has 0 radical (unpaired) electrons. The first kappa shape index (κ1) is 9.07. The van der Waals surface area contributed by atoms with Crippen molar-refractivity contribution in [3.05, 3.63) is 29.8 Å². The van der Waals surface area contributed by atoms with E-state index >= 15 is 0 Å². The smallest absolute Gasteiger partial charge is 0.124 e. The number of halogens is 1. The highest BCUT2D eigenvalue weighted by atomic mass is 79.9. The van der Waals surface area contributed by atoms with E-state index in [4.69, 9.17) is 4.74 Å².